The third-order valence-electron chi connectivity index (χ3n) is 2.39. The highest BCUT2D eigenvalue weighted by Gasteiger charge is 2.14. The van der Waals surface area contributed by atoms with Crippen LogP contribution in [0.4, 0.5) is 15.8 Å². The van der Waals surface area contributed by atoms with E-state index in [0.29, 0.717) is 12.1 Å². The number of hydrogen-bond donors (Lipinski definition) is 2. The monoisotopic (exact) mass is 264 g/mol. The second-order valence-electron chi connectivity index (χ2n) is 3.66. The van der Waals surface area contributed by atoms with E-state index in [-0.39, 0.29) is 11.6 Å². The molecule has 0 bridgehead atoms. The summed E-state index contributed by atoms with van der Waals surface area (Å²) in [5.74, 6) is -0.737. The van der Waals surface area contributed by atoms with Gasteiger partial charge in [0.2, 0.25) is 0 Å². The Kier molecular flexibility index (Phi) is 3.94. The molecule has 0 radical (unpaired) electrons. The van der Waals surface area contributed by atoms with Crippen LogP contribution in [0.5, 0.6) is 0 Å². The van der Waals surface area contributed by atoms with Crippen LogP contribution in [0.15, 0.2) is 35.0 Å². The smallest absolute Gasteiger partial charge is 0.257 e. The van der Waals surface area contributed by atoms with Crippen molar-refractivity contribution in [2.75, 3.05) is 17.2 Å². The molecule has 0 atom stereocenters. The van der Waals surface area contributed by atoms with Gasteiger partial charge in [-0.2, -0.15) is 11.3 Å². The molecule has 94 valence electrons. The molecule has 0 aliphatic heterocycles. The number of carbonyl (C=O) groups excluding carboxylic acids is 1. The number of carbonyl (C=O) groups is 1. The van der Waals surface area contributed by atoms with Crippen LogP contribution in [0.2, 0.25) is 0 Å². The largest absolute Gasteiger partial charge is 0.382 e. The normalized spacial score (nSPS) is 10.1. The molecule has 1 amide bonds. The molecule has 0 saturated heterocycles. The number of nitrogens with one attached hydrogen (secondary N) is 2. The van der Waals surface area contributed by atoms with E-state index in [2.05, 4.69) is 10.6 Å². The summed E-state index contributed by atoms with van der Waals surface area (Å²) >= 11 is 1.49. The molecule has 5 heteroatoms. The van der Waals surface area contributed by atoms with Crippen LogP contribution in [0.25, 0.3) is 0 Å². The maximum atomic E-state index is 13.6. The van der Waals surface area contributed by atoms with Gasteiger partial charge in [0.05, 0.1) is 16.9 Å². The maximum Gasteiger partial charge on any atom is 0.257 e. The van der Waals surface area contributed by atoms with Gasteiger partial charge in [-0.1, -0.05) is 6.07 Å². The summed E-state index contributed by atoms with van der Waals surface area (Å²) in [6, 6.07) is 6.26. The number of amides is 1. The average molecular weight is 264 g/mol. The van der Waals surface area contributed by atoms with Crippen LogP contribution in [0.3, 0.4) is 0 Å². The van der Waals surface area contributed by atoms with E-state index in [1.54, 1.807) is 12.1 Å². The van der Waals surface area contributed by atoms with Gasteiger partial charge in [0.15, 0.2) is 0 Å². The Morgan fingerprint density at radius 1 is 1.39 bits per heavy atom. The molecule has 0 fully saturated rings. The van der Waals surface area contributed by atoms with Crippen molar-refractivity contribution in [3.63, 3.8) is 0 Å². The highest BCUT2D eigenvalue weighted by atomic mass is 32.1. The fourth-order valence-corrected chi connectivity index (χ4v) is 2.19. The summed E-state index contributed by atoms with van der Waals surface area (Å²) < 4.78 is 13.6. The minimum absolute atomic E-state index is 0.243. The quantitative estimate of drug-likeness (QED) is 0.886. The van der Waals surface area contributed by atoms with Crippen molar-refractivity contribution in [1.29, 1.82) is 0 Å². The summed E-state index contributed by atoms with van der Waals surface area (Å²) in [6.45, 7) is 2.41. The second kappa shape index (κ2) is 5.64. The van der Waals surface area contributed by atoms with Gasteiger partial charge in [-0.15, -0.1) is 0 Å². The van der Waals surface area contributed by atoms with E-state index < -0.39 is 5.82 Å². The van der Waals surface area contributed by atoms with Crippen molar-refractivity contribution in [3.05, 3.63) is 46.4 Å². The van der Waals surface area contributed by atoms with Crippen LogP contribution in [0, 0.1) is 5.82 Å². The molecule has 2 rings (SSSR count). The standard InChI is InChI=1S/C13H13FN2OS/c1-2-15-12-10(4-3-5-11(12)14)13(17)16-9-6-7-18-8-9/h3-8,15H,2H2,1H3,(H,16,17). The number of hydrogen-bond acceptors (Lipinski definition) is 3. The summed E-state index contributed by atoms with van der Waals surface area (Å²) in [5, 5.41) is 9.29. The van der Waals surface area contributed by atoms with E-state index in [1.807, 2.05) is 17.7 Å². The third kappa shape index (κ3) is 2.68. The van der Waals surface area contributed by atoms with Gasteiger partial charge in [-0.25, -0.2) is 4.39 Å². The predicted molar refractivity (Wildman–Crippen MR) is 72.8 cm³/mol. The first kappa shape index (κ1) is 12.6. The Balaban J connectivity index is 2.26. The zero-order valence-electron chi connectivity index (χ0n) is 9.87. The number of benzene rings is 1. The summed E-state index contributed by atoms with van der Waals surface area (Å²) in [7, 11) is 0. The molecule has 18 heavy (non-hydrogen) atoms. The van der Waals surface area contributed by atoms with Gasteiger partial charge in [0, 0.05) is 11.9 Å². The zero-order valence-corrected chi connectivity index (χ0v) is 10.7. The first-order chi connectivity index (χ1) is 8.72. The SMILES string of the molecule is CCNc1c(F)cccc1C(=O)Nc1ccsc1. The number of rotatable bonds is 4. The Labute approximate surface area is 109 Å². The Bertz CT molecular complexity index is 540. The lowest BCUT2D eigenvalue weighted by Crippen LogP contribution is -2.15. The summed E-state index contributed by atoms with van der Waals surface area (Å²) in [5.41, 5.74) is 1.27. The van der Waals surface area contributed by atoms with Crippen molar-refractivity contribution in [3.8, 4) is 0 Å². The number of halogens is 1. The van der Waals surface area contributed by atoms with Gasteiger partial charge in [-0.05, 0) is 30.5 Å². The number of para-hydroxylation sites is 1. The number of anilines is 2. The fourth-order valence-electron chi connectivity index (χ4n) is 1.60. The molecular formula is C13H13FN2OS. The van der Waals surface area contributed by atoms with Crippen LogP contribution in [-0.4, -0.2) is 12.5 Å². The summed E-state index contributed by atoms with van der Waals surface area (Å²) in [6.07, 6.45) is 0. The second-order valence-corrected chi connectivity index (χ2v) is 4.44. The Morgan fingerprint density at radius 2 is 2.22 bits per heavy atom. The fraction of sp³-hybridized carbons (Fsp3) is 0.154. The highest BCUT2D eigenvalue weighted by Crippen LogP contribution is 2.21. The van der Waals surface area contributed by atoms with Crippen molar-refractivity contribution >= 4 is 28.6 Å². The van der Waals surface area contributed by atoms with Crippen molar-refractivity contribution in [2.45, 2.75) is 6.92 Å². The van der Waals surface area contributed by atoms with E-state index in [1.165, 1.54) is 23.5 Å². The molecule has 2 N–H and O–H groups in total. The van der Waals surface area contributed by atoms with Crippen molar-refractivity contribution in [2.24, 2.45) is 0 Å². The summed E-state index contributed by atoms with van der Waals surface area (Å²) in [4.78, 5) is 12.0. The van der Waals surface area contributed by atoms with Gasteiger partial charge in [0.1, 0.15) is 5.82 Å². The van der Waals surface area contributed by atoms with Crippen LogP contribution < -0.4 is 10.6 Å². The van der Waals surface area contributed by atoms with Gasteiger partial charge in [-0.3, -0.25) is 4.79 Å². The molecule has 0 saturated carbocycles. The molecule has 0 aliphatic rings. The third-order valence-corrected chi connectivity index (χ3v) is 3.07. The molecule has 1 aromatic heterocycles. The van der Waals surface area contributed by atoms with E-state index in [4.69, 9.17) is 0 Å². The Morgan fingerprint density at radius 3 is 2.89 bits per heavy atom. The average Bonchev–Trinajstić information content (AvgIpc) is 2.84. The molecule has 0 aliphatic carbocycles. The van der Waals surface area contributed by atoms with Gasteiger partial charge in [0.25, 0.3) is 5.91 Å². The molecule has 1 aromatic carbocycles. The first-order valence-electron chi connectivity index (χ1n) is 5.58. The Hall–Kier alpha value is -1.88. The van der Waals surface area contributed by atoms with Crippen molar-refractivity contribution < 1.29 is 9.18 Å². The minimum Gasteiger partial charge on any atom is -0.382 e. The minimum atomic E-state index is -0.421. The predicted octanol–water partition coefficient (Wildman–Crippen LogP) is 3.57. The van der Waals surface area contributed by atoms with Gasteiger partial charge < -0.3 is 10.6 Å². The molecule has 3 nitrogen and oxygen atoms in total. The van der Waals surface area contributed by atoms with E-state index >= 15 is 0 Å². The molecule has 2 aromatic rings. The molecule has 0 unspecified atom stereocenters. The van der Waals surface area contributed by atoms with Crippen molar-refractivity contribution in [1.82, 2.24) is 0 Å². The topological polar surface area (TPSA) is 41.1 Å². The lowest BCUT2D eigenvalue weighted by atomic mass is 10.1. The van der Waals surface area contributed by atoms with Crippen LogP contribution >= 0.6 is 11.3 Å². The first-order valence-corrected chi connectivity index (χ1v) is 6.52. The number of thiophene rings is 1. The van der Waals surface area contributed by atoms with E-state index in [0.717, 1.165) is 5.69 Å². The zero-order chi connectivity index (χ0) is 13.0. The lowest BCUT2D eigenvalue weighted by Gasteiger charge is -2.11. The molecule has 0 spiro atoms. The maximum absolute atomic E-state index is 13.6. The van der Waals surface area contributed by atoms with E-state index in [9.17, 15) is 9.18 Å². The highest BCUT2D eigenvalue weighted by molar-refractivity contribution is 7.08. The van der Waals surface area contributed by atoms with Crippen LogP contribution in [0.1, 0.15) is 17.3 Å². The molecule has 1 heterocycles. The van der Waals surface area contributed by atoms with Crippen LogP contribution in [-0.2, 0) is 0 Å². The van der Waals surface area contributed by atoms with Gasteiger partial charge >= 0.3 is 0 Å². The molecular weight excluding hydrogens is 251 g/mol. The lowest BCUT2D eigenvalue weighted by molar-refractivity contribution is 0.102.